The Labute approximate surface area is 165 Å². The predicted molar refractivity (Wildman–Crippen MR) is 115 cm³/mol. The number of hydrogen-bond acceptors (Lipinski definition) is 3. The molecule has 0 fully saturated rings. The van der Waals surface area contributed by atoms with E-state index < -0.39 is 0 Å². The first-order valence-corrected chi connectivity index (χ1v) is 9.62. The molecular weight excluding hydrogens is 354 g/mol. The molecule has 27 heavy (non-hydrogen) atoms. The van der Waals surface area contributed by atoms with Crippen LogP contribution < -0.4 is 10.6 Å². The molecule has 0 bridgehead atoms. The lowest BCUT2D eigenvalue weighted by atomic mass is 10.1. The van der Waals surface area contributed by atoms with Crippen LogP contribution in [-0.4, -0.2) is 16.0 Å². The lowest BCUT2D eigenvalue weighted by molar-refractivity contribution is 0.0977. The van der Waals surface area contributed by atoms with Crippen LogP contribution in [0.5, 0.6) is 0 Å². The van der Waals surface area contributed by atoms with E-state index in [0.717, 1.165) is 23.0 Å². The maximum absolute atomic E-state index is 12.4. The standard InChI is InChI=1S/C22H23N3OS/c1-2-3-4-7-16-10-12-19(13-11-16)24-22(27)25-21(26)18-14-17-8-5-6-9-20(17)23-15-18/h5-6,8-15H,2-4,7H2,1H3,(H2,24,25,26,27). The number of para-hydroxylation sites is 1. The number of aromatic nitrogens is 1. The Balaban J connectivity index is 1.57. The van der Waals surface area contributed by atoms with Gasteiger partial charge in [0.2, 0.25) is 0 Å². The number of aryl methyl sites for hydroxylation is 1. The van der Waals surface area contributed by atoms with Gasteiger partial charge in [-0.3, -0.25) is 15.1 Å². The second-order valence-electron chi connectivity index (χ2n) is 6.48. The SMILES string of the molecule is CCCCCc1ccc(NC(=S)NC(=O)c2cnc3ccccc3c2)cc1. The van der Waals surface area contributed by atoms with Gasteiger partial charge in [0, 0.05) is 17.3 Å². The van der Waals surface area contributed by atoms with Crippen molar-refractivity contribution >= 4 is 39.8 Å². The first-order valence-electron chi connectivity index (χ1n) is 9.22. The average molecular weight is 378 g/mol. The molecule has 0 aliphatic heterocycles. The summed E-state index contributed by atoms with van der Waals surface area (Å²) in [7, 11) is 0. The Morgan fingerprint density at radius 2 is 1.85 bits per heavy atom. The summed E-state index contributed by atoms with van der Waals surface area (Å²) in [5.41, 5.74) is 3.50. The van der Waals surface area contributed by atoms with Crippen molar-refractivity contribution in [1.82, 2.24) is 10.3 Å². The number of thiocarbonyl (C=S) groups is 1. The molecule has 0 atom stereocenters. The van der Waals surface area contributed by atoms with Crippen LogP contribution in [0.1, 0.15) is 42.1 Å². The molecule has 4 nitrogen and oxygen atoms in total. The molecule has 3 rings (SSSR count). The van der Waals surface area contributed by atoms with Crippen LogP contribution in [0.15, 0.2) is 60.8 Å². The predicted octanol–water partition coefficient (Wildman–Crippen LogP) is 5.09. The van der Waals surface area contributed by atoms with Crippen LogP contribution in [0.4, 0.5) is 5.69 Å². The van der Waals surface area contributed by atoms with Gasteiger partial charge in [0.1, 0.15) is 0 Å². The van der Waals surface area contributed by atoms with Gasteiger partial charge in [-0.2, -0.15) is 0 Å². The summed E-state index contributed by atoms with van der Waals surface area (Å²) in [5, 5.41) is 6.95. The van der Waals surface area contributed by atoms with Gasteiger partial charge < -0.3 is 5.32 Å². The summed E-state index contributed by atoms with van der Waals surface area (Å²) in [6.07, 6.45) is 6.33. The van der Waals surface area contributed by atoms with Gasteiger partial charge >= 0.3 is 0 Å². The number of amides is 1. The van der Waals surface area contributed by atoms with E-state index in [1.807, 2.05) is 42.5 Å². The molecule has 1 aromatic heterocycles. The van der Waals surface area contributed by atoms with Crippen LogP contribution >= 0.6 is 12.2 Å². The number of unbranched alkanes of at least 4 members (excludes halogenated alkanes) is 2. The normalized spacial score (nSPS) is 10.6. The van der Waals surface area contributed by atoms with Gasteiger partial charge in [0.05, 0.1) is 11.1 Å². The molecule has 0 unspecified atom stereocenters. The Hall–Kier alpha value is -2.79. The van der Waals surface area contributed by atoms with Crippen LogP contribution in [0.25, 0.3) is 10.9 Å². The molecule has 138 valence electrons. The van der Waals surface area contributed by atoms with Crippen LogP contribution in [-0.2, 0) is 6.42 Å². The summed E-state index contributed by atoms with van der Waals surface area (Å²) < 4.78 is 0. The molecule has 3 aromatic rings. The zero-order valence-corrected chi connectivity index (χ0v) is 16.2. The Morgan fingerprint density at radius 1 is 1.07 bits per heavy atom. The Bertz CT molecular complexity index is 938. The largest absolute Gasteiger partial charge is 0.332 e. The molecule has 0 aliphatic rings. The van der Waals surface area contributed by atoms with Crippen molar-refractivity contribution in [3.8, 4) is 0 Å². The minimum absolute atomic E-state index is 0.270. The molecule has 2 aromatic carbocycles. The summed E-state index contributed by atoms with van der Waals surface area (Å²) in [6.45, 7) is 2.20. The number of anilines is 1. The highest BCUT2D eigenvalue weighted by molar-refractivity contribution is 7.80. The van der Waals surface area contributed by atoms with Crippen molar-refractivity contribution in [2.45, 2.75) is 32.6 Å². The molecule has 0 radical (unpaired) electrons. The lowest BCUT2D eigenvalue weighted by Crippen LogP contribution is -2.34. The first-order chi connectivity index (χ1) is 13.2. The monoisotopic (exact) mass is 377 g/mol. The number of nitrogens with one attached hydrogen (secondary N) is 2. The third-order valence-corrected chi connectivity index (χ3v) is 4.56. The number of benzene rings is 2. The molecule has 5 heteroatoms. The second kappa shape index (κ2) is 9.24. The minimum atomic E-state index is -0.276. The van der Waals surface area contributed by atoms with Crippen LogP contribution in [0.3, 0.4) is 0 Å². The third kappa shape index (κ3) is 5.34. The number of pyridine rings is 1. The average Bonchev–Trinajstić information content (AvgIpc) is 2.69. The van der Waals surface area contributed by atoms with Crippen molar-refractivity contribution in [3.05, 3.63) is 71.9 Å². The first kappa shape index (κ1) is 19.0. The molecular formula is C22H23N3OS. The molecule has 0 spiro atoms. The Morgan fingerprint density at radius 3 is 2.63 bits per heavy atom. The van der Waals surface area contributed by atoms with E-state index in [1.165, 1.54) is 24.8 Å². The smallest absolute Gasteiger partial charge is 0.258 e. The number of rotatable bonds is 6. The van der Waals surface area contributed by atoms with Crippen molar-refractivity contribution in [1.29, 1.82) is 0 Å². The fourth-order valence-corrected chi connectivity index (χ4v) is 3.08. The van der Waals surface area contributed by atoms with E-state index in [-0.39, 0.29) is 11.0 Å². The van der Waals surface area contributed by atoms with Gasteiger partial charge in [-0.25, -0.2) is 0 Å². The van der Waals surface area contributed by atoms with Crippen LogP contribution in [0.2, 0.25) is 0 Å². The highest BCUT2D eigenvalue weighted by Gasteiger charge is 2.09. The van der Waals surface area contributed by atoms with Crippen LogP contribution in [0, 0.1) is 0 Å². The van der Waals surface area contributed by atoms with E-state index in [9.17, 15) is 4.79 Å². The lowest BCUT2D eigenvalue weighted by Gasteiger charge is -2.10. The number of carbonyl (C=O) groups is 1. The van der Waals surface area contributed by atoms with Crippen molar-refractivity contribution in [2.24, 2.45) is 0 Å². The second-order valence-corrected chi connectivity index (χ2v) is 6.89. The van der Waals surface area contributed by atoms with E-state index in [0.29, 0.717) is 5.56 Å². The number of nitrogens with zero attached hydrogens (tertiary/aromatic N) is 1. The molecule has 0 saturated heterocycles. The van der Waals surface area contributed by atoms with Crippen molar-refractivity contribution in [3.63, 3.8) is 0 Å². The summed E-state index contributed by atoms with van der Waals surface area (Å²) in [5.74, 6) is -0.276. The molecule has 0 aliphatic carbocycles. The van der Waals surface area contributed by atoms with Gasteiger partial charge in [-0.05, 0) is 54.9 Å². The maximum atomic E-state index is 12.4. The highest BCUT2D eigenvalue weighted by Crippen LogP contribution is 2.14. The van der Waals surface area contributed by atoms with Gasteiger partial charge in [0.15, 0.2) is 5.11 Å². The van der Waals surface area contributed by atoms with Crippen molar-refractivity contribution < 1.29 is 4.79 Å². The molecule has 1 heterocycles. The van der Waals surface area contributed by atoms with E-state index >= 15 is 0 Å². The van der Waals surface area contributed by atoms with Gasteiger partial charge in [0.25, 0.3) is 5.91 Å². The zero-order valence-electron chi connectivity index (χ0n) is 15.4. The molecule has 2 N–H and O–H groups in total. The maximum Gasteiger partial charge on any atom is 0.258 e. The number of carbonyl (C=O) groups excluding carboxylic acids is 1. The fourth-order valence-electron chi connectivity index (χ4n) is 2.87. The summed E-state index contributed by atoms with van der Waals surface area (Å²) in [4.78, 5) is 16.7. The van der Waals surface area contributed by atoms with Gasteiger partial charge in [-0.15, -0.1) is 0 Å². The zero-order chi connectivity index (χ0) is 19.1. The highest BCUT2D eigenvalue weighted by atomic mass is 32.1. The molecule has 0 saturated carbocycles. The van der Waals surface area contributed by atoms with E-state index in [2.05, 4.69) is 34.7 Å². The molecule has 1 amide bonds. The van der Waals surface area contributed by atoms with Crippen molar-refractivity contribution in [2.75, 3.05) is 5.32 Å². The van der Waals surface area contributed by atoms with E-state index in [1.54, 1.807) is 6.20 Å². The summed E-state index contributed by atoms with van der Waals surface area (Å²) in [6, 6.07) is 17.6. The van der Waals surface area contributed by atoms with E-state index in [4.69, 9.17) is 12.2 Å². The minimum Gasteiger partial charge on any atom is -0.332 e. The number of fused-ring (bicyclic) bond motifs is 1. The number of hydrogen-bond donors (Lipinski definition) is 2. The Kier molecular flexibility index (Phi) is 6.49. The summed E-state index contributed by atoms with van der Waals surface area (Å²) >= 11 is 5.26. The quantitative estimate of drug-likeness (QED) is 0.464. The third-order valence-electron chi connectivity index (χ3n) is 4.36. The fraction of sp³-hybridized carbons (Fsp3) is 0.227. The topological polar surface area (TPSA) is 54.0 Å². The van der Waals surface area contributed by atoms with Gasteiger partial charge in [-0.1, -0.05) is 50.1 Å².